The van der Waals surface area contributed by atoms with E-state index in [1.54, 1.807) is 4.90 Å². The molecule has 1 rings (SSSR count). The van der Waals surface area contributed by atoms with Crippen molar-refractivity contribution in [3.05, 3.63) is 34.9 Å². The number of carbonyl (C=O) groups excluding carboxylic acids is 1. The molecule has 108 valence electrons. The summed E-state index contributed by atoms with van der Waals surface area (Å²) >= 11 is 0. The molecule has 0 heterocycles. The van der Waals surface area contributed by atoms with E-state index in [4.69, 9.17) is 5.11 Å². The predicted molar refractivity (Wildman–Crippen MR) is 81.6 cm³/mol. The van der Waals surface area contributed by atoms with Crippen LogP contribution >= 0.6 is 0 Å². The first kappa shape index (κ1) is 16.3. The average Bonchev–Trinajstić information content (AvgIpc) is 2.39. The molecule has 0 aromatic heterocycles. The van der Waals surface area contributed by atoms with E-state index in [9.17, 15) is 4.79 Å². The molecule has 0 atom stereocenters. The Balaban J connectivity index is 2.95. The van der Waals surface area contributed by atoms with Crippen LogP contribution in [0.1, 0.15) is 41.8 Å². The van der Waals surface area contributed by atoms with Crippen molar-refractivity contribution in [2.75, 3.05) is 20.2 Å². The highest BCUT2D eigenvalue weighted by Crippen LogP contribution is 2.12. The minimum atomic E-state index is 0.0175. The highest BCUT2D eigenvalue weighted by atomic mass is 16.2. The molecule has 0 bridgehead atoms. The van der Waals surface area contributed by atoms with Crippen molar-refractivity contribution in [2.24, 2.45) is 5.92 Å². The lowest BCUT2D eigenvalue weighted by Crippen LogP contribution is -2.30. The first-order chi connectivity index (χ1) is 9.45. The SMILES string of the molecule is Cc1ccc(C(=O)N(C)CC(C)C)cc1C#CCCO. The number of aliphatic hydroxyl groups excluding tert-OH is 1. The highest BCUT2D eigenvalue weighted by Gasteiger charge is 2.13. The van der Waals surface area contributed by atoms with Crippen LogP contribution in [-0.4, -0.2) is 36.1 Å². The third-order valence-corrected chi connectivity index (χ3v) is 2.93. The van der Waals surface area contributed by atoms with Crippen LogP contribution in [0.4, 0.5) is 0 Å². The van der Waals surface area contributed by atoms with Gasteiger partial charge in [0.15, 0.2) is 0 Å². The topological polar surface area (TPSA) is 40.5 Å². The van der Waals surface area contributed by atoms with Gasteiger partial charge in [-0.1, -0.05) is 31.8 Å². The molecule has 0 unspecified atom stereocenters. The molecule has 1 amide bonds. The van der Waals surface area contributed by atoms with Crippen molar-refractivity contribution in [3.8, 4) is 11.8 Å². The molecule has 1 aromatic carbocycles. The van der Waals surface area contributed by atoms with Gasteiger partial charge in [0.2, 0.25) is 0 Å². The molecule has 0 saturated carbocycles. The highest BCUT2D eigenvalue weighted by molar-refractivity contribution is 5.94. The summed E-state index contributed by atoms with van der Waals surface area (Å²) in [7, 11) is 1.82. The van der Waals surface area contributed by atoms with Crippen LogP contribution < -0.4 is 0 Å². The van der Waals surface area contributed by atoms with Crippen molar-refractivity contribution in [2.45, 2.75) is 27.2 Å². The van der Waals surface area contributed by atoms with Gasteiger partial charge in [-0.05, 0) is 30.5 Å². The molecule has 0 fully saturated rings. The summed E-state index contributed by atoms with van der Waals surface area (Å²) in [6.07, 6.45) is 0.449. The molecule has 1 aromatic rings. The smallest absolute Gasteiger partial charge is 0.253 e. The zero-order valence-corrected chi connectivity index (χ0v) is 12.7. The molecule has 1 N–H and O–H groups in total. The molecular weight excluding hydrogens is 250 g/mol. The van der Waals surface area contributed by atoms with Gasteiger partial charge < -0.3 is 10.0 Å². The monoisotopic (exact) mass is 273 g/mol. The Hall–Kier alpha value is -1.79. The van der Waals surface area contributed by atoms with E-state index in [0.29, 0.717) is 17.9 Å². The second-order valence-corrected chi connectivity index (χ2v) is 5.38. The number of carbonyl (C=O) groups is 1. The molecule has 3 nitrogen and oxygen atoms in total. The summed E-state index contributed by atoms with van der Waals surface area (Å²) in [4.78, 5) is 14.0. The van der Waals surface area contributed by atoms with Gasteiger partial charge >= 0.3 is 0 Å². The maximum absolute atomic E-state index is 12.3. The Kier molecular flexibility index (Phi) is 6.27. The summed E-state index contributed by atoms with van der Waals surface area (Å²) < 4.78 is 0. The van der Waals surface area contributed by atoms with E-state index in [0.717, 1.165) is 17.7 Å². The third kappa shape index (κ3) is 4.71. The summed E-state index contributed by atoms with van der Waals surface area (Å²) in [6.45, 7) is 6.94. The van der Waals surface area contributed by atoms with Gasteiger partial charge in [-0.25, -0.2) is 0 Å². The molecule has 0 aliphatic rings. The van der Waals surface area contributed by atoms with Gasteiger partial charge in [0.05, 0.1) is 6.61 Å². The van der Waals surface area contributed by atoms with Crippen molar-refractivity contribution < 1.29 is 9.90 Å². The summed E-state index contributed by atoms with van der Waals surface area (Å²) in [6, 6.07) is 5.59. The van der Waals surface area contributed by atoms with E-state index < -0.39 is 0 Å². The lowest BCUT2D eigenvalue weighted by atomic mass is 10.0. The molecule has 0 aliphatic carbocycles. The van der Waals surface area contributed by atoms with Gasteiger partial charge in [0.25, 0.3) is 5.91 Å². The zero-order chi connectivity index (χ0) is 15.1. The molecule has 0 radical (unpaired) electrons. The second-order valence-electron chi connectivity index (χ2n) is 5.38. The first-order valence-corrected chi connectivity index (χ1v) is 6.91. The maximum atomic E-state index is 12.3. The van der Waals surface area contributed by atoms with Crippen molar-refractivity contribution >= 4 is 5.91 Å². The van der Waals surface area contributed by atoms with E-state index in [1.165, 1.54) is 0 Å². The molecule has 0 spiro atoms. The Morgan fingerprint density at radius 1 is 1.40 bits per heavy atom. The fourth-order valence-electron chi connectivity index (χ4n) is 1.95. The van der Waals surface area contributed by atoms with Crippen LogP contribution in [0, 0.1) is 24.7 Å². The molecule has 3 heteroatoms. The fraction of sp³-hybridized carbons (Fsp3) is 0.471. The molecule has 20 heavy (non-hydrogen) atoms. The van der Waals surface area contributed by atoms with Crippen LogP contribution in [0.25, 0.3) is 0 Å². The van der Waals surface area contributed by atoms with Gasteiger partial charge in [-0.2, -0.15) is 0 Å². The Morgan fingerprint density at radius 2 is 2.10 bits per heavy atom. The van der Waals surface area contributed by atoms with E-state index >= 15 is 0 Å². The van der Waals surface area contributed by atoms with Gasteiger partial charge in [-0.15, -0.1) is 0 Å². The minimum Gasteiger partial charge on any atom is -0.395 e. The van der Waals surface area contributed by atoms with E-state index in [2.05, 4.69) is 25.7 Å². The van der Waals surface area contributed by atoms with Crippen molar-refractivity contribution in [3.63, 3.8) is 0 Å². The Morgan fingerprint density at radius 3 is 2.70 bits per heavy atom. The van der Waals surface area contributed by atoms with E-state index in [-0.39, 0.29) is 12.5 Å². The number of amides is 1. The number of benzene rings is 1. The standard InChI is InChI=1S/C17H23NO2/c1-13(2)12-18(4)17(20)16-9-8-14(3)15(11-16)7-5-6-10-19/h8-9,11,13,19H,6,10,12H2,1-4H3. The third-order valence-electron chi connectivity index (χ3n) is 2.93. The molecular formula is C17H23NO2. The molecule has 0 saturated heterocycles. The van der Waals surface area contributed by atoms with Crippen LogP contribution in [0.2, 0.25) is 0 Å². The predicted octanol–water partition coefficient (Wildman–Crippen LogP) is 2.46. The number of nitrogens with zero attached hydrogens (tertiary/aromatic N) is 1. The zero-order valence-electron chi connectivity index (χ0n) is 12.7. The second kappa shape index (κ2) is 7.72. The summed E-state index contributed by atoms with van der Waals surface area (Å²) in [5.41, 5.74) is 2.55. The first-order valence-electron chi connectivity index (χ1n) is 6.91. The number of hydrogen-bond donors (Lipinski definition) is 1. The summed E-state index contributed by atoms with van der Waals surface area (Å²) in [5, 5.41) is 8.75. The van der Waals surface area contributed by atoms with Crippen LogP contribution in [0.5, 0.6) is 0 Å². The normalized spacial score (nSPS) is 10.1. The van der Waals surface area contributed by atoms with Crippen LogP contribution in [0.15, 0.2) is 18.2 Å². The van der Waals surface area contributed by atoms with E-state index in [1.807, 2.05) is 32.2 Å². The number of aliphatic hydroxyl groups is 1. The lowest BCUT2D eigenvalue weighted by Gasteiger charge is -2.19. The largest absolute Gasteiger partial charge is 0.395 e. The van der Waals surface area contributed by atoms with Gasteiger partial charge in [0, 0.05) is 31.1 Å². The minimum absolute atomic E-state index is 0.0175. The summed E-state index contributed by atoms with van der Waals surface area (Å²) in [5.74, 6) is 6.36. The Bertz CT molecular complexity index is 524. The lowest BCUT2D eigenvalue weighted by molar-refractivity contribution is 0.0779. The fourth-order valence-corrected chi connectivity index (χ4v) is 1.95. The maximum Gasteiger partial charge on any atom is 0.253 e. The van der Waals surface area contributed by atoms with Gasteiger partial charge in [-0.3, -0.25) is 4.79 Å². The van der Waals surface area contributed by atoms with Gasteiger partial charge in [0.1, 0.15) is 0 Å². The molecule has 0 aliphatic heterocycles. The van der Waals surface area contributed by atoms with Crippen molar-refractivity contribution in [1.29, 1.82) is 0 Å². The van der Waals surface area contributed by atoms with Crippen molar-refractivity contribution in [1.82, 2.24) is 4.90 Å². The quantitative estimate of drug-likeness (QED) is 0.856. The van der Waals surface area contributed by atoms with Crippen LogP contribution in [-0.2, 0) is 0 Å². The van der Waals surface area contributed by atoms with Crippen LogP contribution in [0.3, 0.4) is 0 Å². The number of aryl methyl sites for hydroxylation is 1. The average molecular weight is 273 g/mol. The number of hydrogen-bond acceptors (Lipinski definition) is 2. The number of rotatable bonds is 4. The Labute approximate surface area is 121 Å².